The summed E-state index contributed by atoms with van der Waals surface area (Å²) >= 11 is 0. The smallest absolute Gasteiger partial charge is 0.191 e. The number of halogens is 1. The Hall–Kier alpha value is -0.720. The van der Waals surface area contributed by atoms with Crippen molar-refractivity contribution < 1.29 is 4.42 Å². The molecule has 0 amide bonds. The van der Waals surface area contributed by atoms with Crippen molar-refractivity contribution in [3.8, 4) is 0 Å². The molecule has 20 heavy (non-hydrogen) atoms. The molecule has 0 aliphatic rings. The highest BCUT2D eigenvalue weighted by Gasteiger charge is 2.13. The minimum absolute atomic E-state index is 0. The zero-order chi connectivity index (χ0) is 14.3. The second-order valence-electron chi connectivity index (χ2n) is 5.89. The number of aliphatic imine (C=N–C) groups is 1. The lowest BCUT2D eigenvalue weighted by molar-refractivity contribution is 0.489. The monoisotopic (exact) mass is 393 g/mol. The highest BCUT2D eigenvalue weighted by molar-refractivity contribution is 14.0. The van der Waals surface area contributed by atoms with Gasteiger partial charge in [0.2, 0.25) is 0 Å². The van der Waals surface area contributed by atoms with E-state index in [4.69, 9.17) is 4.42 Å². The van der Waals surface area contributed by atoms with Crippen LogP contribution in [0.25, 0.3) is 0 Å². The zero-order valence-electron chi connectivity index (χ0n) is 13.2. The largest absolute Gasteiger partial charge is 0.469 e. The van der Waals surface area contributed by atoms with Crippen LogP contribution >= 0.6 is 24.0 Å². The number of guanidine groups is 1. The highest BCUT2D eigenvalue weighted by Crippen LogP contribution is 2.02. The van der Waals surface area contributed by atoms with Crippen LogP contribution in [0, 0.1) is 0 Å². The van der Waals surface area contributed by atoms with Gasteiger partial charge in [0, 0.05) is 24.5 Å². The van der Waals surface area contributed by atoms with Gasteiger partial charge in [-0.15, -0.1) is 24.0 Å². The van der Waals surface area contributed by atoms with Gasteiger partial charge in [-0.3, -0.25) is 4.99 Å². The van der Waals surface area contributed by atoms with Crippen molar-refractivity contribution >= 4 is 29.9 Å². The van der Waals surface area contributed by atoms with Gasteiger partial charge in [0.25, 0.3) is 0 Å². The van der Waals surface area contributed by atoms with E-state index < -0.39 is 0 Å². The molecule has 4 nitrogen and oxygen atoms in total. The fourth-order valence-corrected chi connectivity index (χ4v) is 1.54. The third-order valence-electron chi connectivity index (χ3n) is 2.70. The fourth-order valence-electron chi connectivity index (χ4n) is 1.54. The van der Waals surface area contributed by atoms with E-state index in [1.165, 1.54) is 0 Å². The van der Waals surface area contributed by atoms with Crippen LogP contribution < -0.4 is 10.6 Å². The number of nitrogens with one attached hydrogen (secondary N) is 2. The SMILES string of the molecule is CCC(C)NC(=NCCc1ccco1)NC(C)(C)C.I. The molecule has 2 N–H and O–H groups in total. The van der Waals surface area contributed by atoms with Crippen LogP contribution in [0.4, 0.5) is 0 Å². The van der Waals surface area contributed by atoms with Crippen molar-refractivity contribution in [3.05, 3.63) is 24.2 Å². The standard InChI is InChI=1S/C15H27N3O.HI/c1-6-12(2)17-14(18-15(3,4)5)16-10-9-13-8-7-11-19-13;/h7-8,11-12H,6,9-10H2,1-5H3,(H2,16,17,18);1H. The second-order valence-corrected chi connectivity index (χ2v) is 5.89. The van der Waals surface area contributed by atoms with E-state index >= 15 is 0 Å². The maximum absolute atomic E-state index is 5.31. The first-order chi connectivity index (χ1) is 8.90. The molecule has 1 rings (SSSR count). The van der Waals surface area contributed by atoms with Gasteiger partial charge in [-0.1, -0.05) is 6.92 Å². The summed E-state index contributed by atoms with van der Waals surface area (Å²) in [6, 6.07) is 4.30. The lowest BCUT2D eigenvalue weighted by Crippen LogP contribution is -2.50. The average Bonchev–Trinajstić information content (AvgIpc) is 2.79. The van der Waals surface area contributed by atoms with E-state index in [1.807, 2.05) is 12.1 Å². The topological polar surface area (TPSA) is 49.6 Å². The predicted molar refractivity (Wildman–Crippen MR) is 95.9 cm³/mol. The van der Waals surface area contributed by atoms with Crippen LogP contribution in [-0.4, -0.2) is 24.1 Å². The van der Waals surface area contributed by atoms with E-state index in [2.05, 4.69) is 50.2 Å². The van der Waals surface area contributed by atoms with E-state index in [1.54, 1.807) is 6.26 Å². The number of rotatable bonds is 5. The van der Waals surface area contributed by atoms with Gasteiger partial charge < -0.3 is 15.1 Å². The van der Waals surface area contributed by atoms with Crippen molar-refractivity contribution in [2.24, 2.45) is 4.99 Å². The van der Waals surface area contributed by atoms with Gasteiger partial charge in [-0.2, -0.15) is 0 Å². The summed E-state index contributed by atoms with van der Waals surface area (Å²) in [5.74, 6) is 1.84. The van der Waals surface area contributed by atoms with Crippen LogP contribution in [-0.2, 0) is 6.42 Å². The first kappa shape index (κ1) is 19.3. The number of furan rings is 1. The van der Waals surface area contributed by atoms with Gasteiger partial charge in [0.15, 0.2) is 5.96 Å². The number of hydrogen-bond acceptors (Lipinski definition) is 2. The van der Waals surface area contributed by atoms with E-state index in [0.29, 0.717) is 6.04 Å². The van der Waals surface area contributed by atoms with Crippen molar-refractivity contribution in [1.29, 1.82) is 0 Å². The molecule has 1 unspecified atom stereocenters. The zero-order valence-corrected chi connectivity index (χ0v) is 15.5. The Labute approximate surface area is 139 Å². The van der Waals surface area contributed by atoms with Crippen LogP contribution in [0.5, 0.6) is 0 Å². The van der Waals surface area contributed by atoms with Gasteiger partial charge in [-0.05, 0) is 46.2 Å². The van der Waals surface area contributed by atoms with Gasteiger partial charge in [-0.25, -0.2) is 0 Å². The molecule has 1 aromatic heterocycles. The predicted octanol–water partition coefficient (Wildman–Crippen LogP) is 3.57. The molecule has 1 heterocycles. The first-order valence-corrected chi connectivity index (χ1v) is 7.02. The third-order valence-corrected chi connectivity index (χ3v) is 2.70. The Morgan fingerprint density at radius 2 is 2.10 bits per heavy atom. The summed E-state index contributed by atoms with van der Waals surface area (Å²) in [6.45, 7) is 11.4. The number of nitrogens with zero attached hydrogens (tertiary/aromatic N) is 1. The summed E-state index contributed by atoms with van der Waals surface area (Å²) < 4.78 is 5.31. The maximum atomic E-state index is 5.31. The Morgan fingerprint density at radius 1 is 1.40 bits per heavy atom. The van der Waals surface area contributed by atoms with Crippen molar-refractivity contribution in [1.82, 2.24) is 10.6 Å². The first-order valence-electron chi connectivity index (χ1n) is 7.02. The molecule has 0 spiro atoms. The molecule has 0 radical (unpaired) electrons. The van der Waals surface area contributed by atoms with E-state index in [-0.39, 0.29) is 29.5 Å². The van der Waals surface area contributed by atoms with Gasteiger partial charge >= 0.3 is 0 Å². The normalized spacial score (nSPS) is 13.6. The molecule has 1 aromatic rings. The molecule has 0 aliphatic carbocycles. The van der Waals surface area contributed by atoms with E-state index in [9.17, 15) is 0 Å². The van der Waals surface area contributed by atoms with Crippen molar-refractivity contribution in [3.63, 3.8) is 0 Å². The highest BCUT2D eigenvalue weighted by atomic mass is 127. The quantitative estimate of drug-likeness (QED) is 0.457. The molecule has 0 saturated carbocycles. The second kappa shape index (κ2) is 9.26. The van der Waals surface area contributed by atoms with Crippen LogP contribution in [0.2, 0.25) is 0 Å². The average molecular weight is 393 g/mol. The minimum atomic E-state index is 0. The molecule has 1 atom stereocenters. The third kappa shape index (κ3) is 8.45. The molecule has 0 aromatic carbocycles. The Balaban J connectivity index is 0.00000361. The minimum Gasteiger partial charge on any atom is -0.469 e. The van der Waals surface area contributed by atoms with E-state index in [0.717, 1.165) is 31.1 Å². The Kier molecular flexibility index (Phi) is 8.93. The summed E-state index contributed by atoms with van der Waals surface area (Å²) in [5, 5.41) is 6.82. The summed E-state index contributed by atoms with van der Waals surface area (Å²) in [7, 11) is 0. The molecular formula is C15H28IN3O. The van der Waals surface area contributed by atoms with Gasteiger partial charge in [0.1, 0.15) is 5.76 Å². The molecule has 0 saturated heterocycles. The molecular weight excluding hydrogens is 365 g/mol. The Morgan fingerprint density at radius 3 is 2.60 bits per heavy atom. The lowest BCUT2D eigenvalue weighted by atomic mass is 10.1. The molecule has 0 aliphatic heterocycles. The van der Waals surface area contributed by atoms with Crippen molar-refractivity contribution in [2.45, 2.75) is 59.0 Å². The number of hydrogen-bond donors (Lipinski definition) is 2. The summed E-state index contributed by atoms with van der Waals surface area (Å²) in [5.41, 5.74) is 0.00395. The van der Waals surface area contributed by atoms with Crippen LogP contribution in [0.3, 0.4) is 0 Å². The van der Waals surface area contributed by atoms with Crippen LogP contribution in [0.1, 0.15) is 46.8 Å². The van der Waals surface area contributed by atoms with Crippen LogP contribution in [0.15, 0.2) is 27.8 Å². The molecule has 0 fully saturated rings. The summed E-state index contributed by atoms with van der Waals surface area (Å²) in [6.07, 6.45) is 3.60. The molecule has 116 valence electrons. The maximum Gasteiger partial charge on any atom is 0.191 e. The lowest BCUT2D eigenvalue weighted by Gasteiger charge is -2.26. The molecule has 0 bridgehead atoms. The Bertz CT molecular complexity index is 382. The van der Waals surface area contributed by atoms with Gasteiger partial charge in [0.05, 0.1) is 6.26 Å². The fraction of sp³-hybridized carbons (Fsp3) is 0.667. The summed E-state index contributed by atoms with van der Waals surface area (Å²) in [4.78, 5) is 4.61. The van der Waals surface area contributed by atoms with Crippen molar-refractivity contribution in [2.75, 3.05) is 6.54 Å². The molecule has 5 heteroatoms.